The van der Waals surface area contributed by atoms with E-state index in [2.05, 4.69) is 29.0 Å². The highest BCUT2D eigenvalue weighted by atomic mass is 16.5. The number of rotatable bonds is 5. The van der Waals surface area contributed by atoms with Crippen molar-refractivity contribution in [1.82, 2.24) is 19.6 Å². The molecule has 1 amide bonds. The predicted molar refractivity (Wildman–Crippen MR) is 107 cm³/mol. The zero-order valence-electron chi connectivity index (χ0n) is 16.8. The lowest BCUT2D eigenvalue weighted by molar-refractivity contribution is 0.0368. The van der Waals surface area contributed by atoms with E-state index in [9.17, 15) is 4.79 Å². The number of nitrogens with zero attached hydrogens (tertiary/aromatic N) is 3. The van der Waals surface area contributed by atoms with E-state index in [0.717, 1.165) is 42.9 Å². The highest BCUT2D eigenvalue weighted by molar-refractivity contribution is 5.99. The summed E-state index contributed by atoms with van der Waals surface area (Å²) >= 11 is 0. The van der Waals surface area contributed by atoms with Crippen molar-refractivity contribution in [1.29, 1.82) is 0 Å². The molecule has 1 N–H and O–H groups in total. The topological polar surface area (TPSA) is 58.9 Å². The molecular formula is C22H30N4O2. The van der Waals surface area contributed by atoms with E-state index in [1.807, 2.05) is 28.9 Å². The Bertz CT molecular complexity index is 859. The Morgan fingerprint density at radius 2 is 2.04 bits per heavy atom. The molecule has 0 spiro atoms. The number of carbonyl (C=O) groups is 1. The van der Waals surface area contributed by atoms with Crippen molar-refractivity contribution in [3.63, 3.8) is 0 Å². The maximum Gasteiger partial charge on any atom is 0.255 e. The van der Waals surface area contributed by atoms with Crippen molar-refractivity contribution in [3.05, 3.63) is 35.8 Å². The van der Waals surface area contributed by atoms with Gasteiger partial charge in [0.1, 0.15) is 5.65 Å². The molecule has 2 unspecified atom stereocenters. The number of imidazole rings is 1. The first-order valence-corrected chi connectivity index (χ1v) is 10.7. The molecular weight excluding hydrogens is 352 g/mol. The van der Waals surface area contributed by atoms with E-state index in [0.29, 0.717) is 23.4 Å². The quantitative estimate of drug-likeness (QED) is 0.863. The number of pyridine rings is 1. The molecule has 3 aliphatic rings. The Balaban J connectivity index is 1.18. The summed E-state index contributed by atoms with van der Waals surface area (Å²) in [5.41, 5.74) is 2.44. The summed E-state index contributed by atoms with van der Waals surface area (Å²) in [5, 5.41) is 3.18. The number of hydrogen-bond acceptors (Lipinski definition) is 4. The Kier molecular flexibility index (Phi) is 4.63. The van der Waals surface area contributed by atoms with Gasteiger partial charge < -0.3 is 14.5 Å². The van der Waals surface area contributed by atoms with Crippen molar-refractivity contribution in [3.8, 4) is 0 Å². The summed E-state index contributed by atoms with van der Waals surface area (Å²) in [5.74, 6) is 2.51. The standard InChI is InChI=1S/C22H30N4O2/c1-14(2)20-13-25-7-3-4-16(21(25)24-20)22(27)23-10-17-18-11-26(12-19(17)18)15-5-8-28-9-6-15/h3-4,7,13-15,17-19H,5-6,8-12H2,1-2H3,(H,23,27). The fourth-order valence-corrected chi connectivity index (χ4v) is 5.13. The van der Waals surface area contributed by atoms with Crippen LogP contribution in [0.5, 0.6) is 0 Å². The smallest absolute Gasteiger partial charge is 0.255 e. The molecule has 2 aliphatic heterocycles. The second kappa shape index (κ2) is 7.16. The molecule has 6 heteroatoms. The zero-order valence-corrected chi connectivity index (χ0v) is 16.8. The van der Waals surface area contributed by atoms with Gasteiger partial charge in [0, 0.05) is 51.3 Å². The summed E-state index contributed by atoms with van der Waals surface area (Å²) in [6.07, 6.45) is 6.33. The summed E-state index contributed by atoms with van der Waals surface area (Å²) in [4.78, 5) is 20.2. The van der Waals surface area contributed by atoms with Crippen LogP contribution >= 0.6 is 0 Å². The van der Waals surface area contributed by atoms with Gasteiger partial charge in [-0.3, -0.25) is 9.69 Å². The van der Waals surface area contributed by atoms with Gasteiger partial charge in [-0.15, -0.1) is 0 Å². The lowest BCUT2D eigenvalue weighted by Gasteiger charge is -2.32. The van der Waals surface area contributed by atoms with Gasteiger partial charge in [0.25, 0.3) is 5.91 Å². The molecule has 150 valence electrons. The fraction of sp³-hybridized carbons (Fsp3) is 0.636. The average molecular weight is 383 g/mol. The van der Waals surface area contributed by atoms with E-state index in [4.69, 9.17) is 4.74 Å². The molecule has 2 saturated heterocycles. The molecule has 3 fully saturated rings. The molecule has 5 rings (SSSR count). The number of fused-ring (bicyclic) bond motifs is 2. The second-order valence-corrected chi connectivity index (χ2v) is 8.97. The minimum atomic E-state index is -0.00207. The van der Waals surface area contributed by atoms with Gasteiger partial charge in [-0.25, -0.2) is 4.98 Å². The molecule has 6 nitrogen and oxygen atoms in total. The number of hydrogen-bond donors (Lipinski definition) is 1. The van der Waals surface area contributed by atoms with E-state index < -0.39 is 0 Å². The lowest BCUT2D eigenvalue weighted by atomic mass is 10.1. The van der Waals surface area contributed by atoms with Crippen molar-refractivity contribution in [2.45, 2.75) is 38.6 Å². The largest absolute Gasteiger partial charge is 0.381 e. The van der Waals surface area contributed by atoms with Crippen molar-refractivity contribution >= 4 is 11.6 Å². The van der Waals surface area contributed by atoms with Gasteiger partial charge in [0.2, 0.25) is 0 Å². The van der Waals surface area contributed by atoms with Crippen LogP contribution in [0.1, 0.15) is 48.7 Å². The number of amides is 1. The average Bonchev–Trinajstić information content (AvgIpc) is 3.06. The Morgan fingerprint density at radius 1 is 1.29 bits per heavy atom. The van der Waals surface area contributed by atoms with Crippen LogP contribution in [0.2, 0.25) is 0 Å². The van der Waals surface area contributed by atoms with Gasteiger partial charge in [-0.1, -0.05) is 13.8 Å². The highest BCUT2D eigenvalue weighted by Crippen LogP contribution is 2.52. The normalized spacial score (nSPS) is 28.0. The van der Waals surface area contributed by atoms with Gasteiger partial charge >= 0.3 is 0 Å². The van der Waals surface area contributed by atoms with E-state index >= 15 is 0 Å². The Morgan fingerprint density at radius 3 is 2.75 bits per heavy atom. The van der Waals surface area contributed by atoms with Gasteiger partial charge in [0.15, 0.2) is 0 Å². The third-order valence-corrected chi connectivity index (χ3v) is 6.94. The summed E-state index contributed by atoms with van der Waals surface area (Å²) in [7, 11) is 0. The molecule has 2 aromatic heterocycles. The highest BCUT2D eigenvalue weighted by Gasteiger charge is 2.56. The summed E-state index contributed by atoms with van der Waals surface area (Å²) in [6, 6.07) is 4.51. The monoisotopic (exact) mass is 382 g/mol. The maximum atomic E-state index is 12.8. The van der Waals surface area contributed by atoms with E-state index in [1.165, 1.54) is 25.9 Å². The molecule has 4 heterocycles. The Hall–Kier alpha value is -1.92. The molecule has 0 bridgehead atoms. The molecule has 28 heavy (non-hydrogen) atoms. The number of nitrogens with one attached hydrogen (secondary N) is 1. The van der Waals surface area contributed by atoms with Crippen molar-refractivity contribution in [2.24, 2.45) is 17.8 Å². The lowest BCUT2D eigenvalue weighted by Crippen LogP contribution is -2.40. The molecule has 0 radical (unpaired) electrons. The minimum Gasteiger partial charge on any atom is -0.381 e. The number of aromatic nitrogens is 2. The van der Waals surface area contributed by atoms with Crippen LogP contribution in [0, 0.1) is 17.8 Å². The SMILES string of the molecule is CC(C)c1cn2cccc(C(=O)NCC3C4CN(C5CCOCC5)CC34)c2n1. The predicted octanol–water partition coefficient (Wildman–Crippen LogP) is 2.54. The van der Waals surface area contributed by atoms with Crippen LogP contribution in [-0.4, -0.2) is 59.1 Å². The van der Waals surface area contributed by atoms with Crippen molar-refractivity contribution < 1.29 is 9.53 Å². The third kappa shape index (κ3) is 3.22. The number of carbonyl (C=O) groups excluding carboxylic acids is 1. The molecule has 1 aliphatic carbocycles. The van der Waals surface area contributed by atoms with Crippen LogP contribution in [0.4, 0.5) is 0 Å². The van der Waals surface area contributed by atoms with Crippen LogP contribution in [0.25, 0.3) is 5.65 Å². The van der Waals surface area contributed by atoms with E-state index in [-0.39, 0.29) is 5.91 Å². The van der Waals surface area contributed by atoms with Gasteiger partial charge in [0.05, 0.1) is 11.3 Å². The van der Waals surface area contributed by atoms with E-state index in [1.54, 1.807) is 0 Å². The Labute approximate surface area is 166 Å². The second-order valence-electron chi connectivity index (χ2n) is 8.97. The maximum absolute atomic E-state index is 12.8. The number of likely N-dealkylation sites (tertiary alicyclic amines) is 1. The molecule has 2 atom stereocenters. The molecule has 1 saturated carbocycles. The van der Waals surface area contributed by atoms with Crippen LogP contribution in [-0.2, 0) is 4.74 Å². The number of ether oxygens (including phenoxy) is 1. The molecule has 2 aromatic rings. The first kappa shape index (κ1) is 18.1. The van der Waals surface area contributed by atoms with Crippen molar-refractivity contribution in [2.75, 3.05) is 32.8 Å². The van der Waals surface area contributed by atoms with Crippen LogP contribution < -0.4 is 5.32 Å². The first-order valence-electron chi connectivity index (χ1n) is 10.7. The summed E-state index contributed by atoms with van der Waals surface area (Å²) < 4.78 is 7.45. The summed E-state index contributed by atoms with van der Waals surface area (Å²) in [6.45, 7) is 9.25. The van der Waals surface area contributed by atoms with Gasteiger partial charge in [-0.05, 0) is 48.6 Å². The number of piperidine rings is 1. The third-order valence-electron chi connectivity index (χ3n) is 6.94. The first-order chi connectivity index (χ1) is 13.6. The molecule has 0 aromatic carbocycles. The van der Waals surface area contributed by atoms with Gasteiger partial charge in [-0.2, -0.15) is 0 Å². The van der Waals surface area contributed by atoms with Crippen LogP contribution in [0.3, 0.4) is 0 Å². The van der Waals surface area contributed by atoms with Crippen LogP contribution in [0.15, 0.2) is 24.5 Å². The zero-order chi connectivity index (χ0) is 19.3. The minimum absolute atomic E-state index is 0.00207. The fourth-order valence-electron chi connectivity index (χ4n) is 5.13.